The normalized spacial score (nSPS) is 25.1. The molecule has 2 saturated heterocycles. The van der Waals surface area contributed by atoms with E-state index in [-0.39, 0.29) is 25.7 Å². The van der Waals surface area contributed by atoms with Crippen molar-refractivity contribution in [1.82, 2.24) is 0 Å². The van der Waals surface area contributed by atoms with Gasteiger partial charge in [0.25, 0.3) is 0 Å². The first-order chi connectivity index (χ1) is 58.1. The Bertz CT molecular complexity index is 2650. The van der Waals surface area contributed by atoms with E-state index in [1.165, 1.54) is 122 Å². The fourth-order valence-electron chi connectivity index (χ4n) is 15.7. The Hall–Kier alpha value is -3.31. The maximum absolute atomic E-state index is 14.9. The summed E-state index contributed by atoms with van der Waals surface area (Å²) in [5.41, 5.74) is 0. The first-order valence-electron chi connectivity index (χ1n) is 48.1. The van der Waals surface area contributed by atoms with Gasteiger partial charge in [0.05, 0.1) is 13.2 Å². The number of allylic oxidation sites excluding steroid dienone is 6. The summed E-state index contributed by atoms with van der Waals surface area (Å²) in [6, 6.07) is 0. The average Bonchev–Trinajstić information content (AvgIpc) is 0.754. The van der Waals surface area contributed by atoms with Crippen LogP contribution in [0.4, 0.5) is 0 Å². The zero-order valence-corrected chi connectivity index (χ0v) is 75.9. The number of unbranched alkanes of at least 4 members (excludes halogenated alkanes) is 43. The molecule has 0 radical (unpaired) electrons. The van der Waals surface area contributed by atoms with Crippen LogP contribution in [0.1, 0.15) is 401 Å². The number of phosphoric acid groups is 1. The molecule has 2 aliphatic heterocycles. The second-order valence-corrected chi connectivity index (χ2v) is 35.9. The van der Waals surface area contributed by atoms with Crippen molar-refractivity contribution in [2.24, 2.45) is 5.92 Å². The number of aliphatic hydroxyl groups is 9. The van der Waals surface area contributed by atoms with Gasteiger partial charge in [0.2, 0.25) is 0 Å². The molecule has 0 aromatic carbocycles. The van der Waals surface area contributed by atoms with Crippen molar-refractivity contribution in [2.45, 2.75) is 505 Å². The molecule has 10 N–H and O–H groups in total. The zero-order chi connectivity index (χ0) is 87.6. The van der Waals surface area contributed by atoms with Crippen LogP contribution >= 0.6 is 7.82 Å². The van der Waals surface area contributed by atoms with Crippen LogP contribution in [0.3, 0.4) is 0 Å². The van der Waals surface area contributed by atoms with E-state index in [1.54, 1.807) is 0 Å². The predicted molar refractivity (Wildman–Crippen MR) is 467 cm³/mol. The molecule has 1 saturated carbocycles. The summed E-state index contributed by atoms with van der Waals surface area (Å²) in [6.45, 7) is 7.86. The molecule has 2 heterocycles. The van der Waals surface area contributed by atoms with Gasteiger partial charge in [-0.15, -0.1) is 0 Å². The van der Waals surface area contributed by atoms with E-state index in [1.807, 2.05) is 0 Å². The molecule has 0 spiro atoms. The molecule has 0 amide bonds. The van der Waals surface area contributed by atoms with Gasteiger partial charge in [-0.1, -0.05) is 309 Å². The summed E-state index contributed by atoms with van der Waals surface area (Å²) < 4.78 is 73.5. The molecule has 3 aliphatic rings. The van der Waals surface area contributed by atoms with Crippen LogP contribution in [0.25, 0.3) is 0 Å². The van der Waals surface area contributed by atoms with Crippen molar-refractivity contribution >= 4 is 31.7 Å². The summed E-state index contributed by atoms with van der Waals surface area (Å²) in [7, 11) is -5.82. The SMILES string of the molecule is CCCCCC/C=C\CCCCCCCCCC(=O)OCC(COP(=O)(O)OC1C(OC2OC(CO)C(O)C(O)C2O)C(O)C(O)C(OC(=O)CCCCCCCCC(C)CCCCCCCC)C1OC1OC(COC(=O)CCCCCCCCC/C=C\CCCCCC)C(O)C(O)C1O)OC(=O)CCCCCCCCC/C=C\CCCCCC. The van der Waals surface area contributed by atoms with Crippen LogP contribution in [0, 0.1) is 5.92 Å². The topological polar surface area (TPSA) is 380 Å². The van der Waals surface area contributed by atoms with Gasteiger partial charge in [0.15, 0.2) is 24.8 Å². The van der Waals surface area contributed by atoms with Crippen molar-refractivity contribution in [2.75, 3.05) is 26.4 Å². The third-order valence-corrected chi connectivity index (χ3v) is 24.5. The molecule has 1 aliphatic carbocycles. The summed E-state index contributed by atoms with van der Waals surface area (Å²) in [4.78, 5) is 66.6. The smallest absolute Gasteiger partial charge is 0.463 e. The van der Waals surface area contributed by atoms with E-state index in [9.17, 15) is 74.6 Å². The highest BCUT2D eigenvalue weighted by molar-refractivity contribution is 7.47. The molecule has 0 bridgehead atoms. The van der Waals surface area contributed by atoms with Crippen LogP contribution in [0.15, 0.2) is 36.5 Å². The Morgan fingerprint density at radius 1 is 0.350 bits per heavy atom. The molecule has 702 valence electrons. The van der Waals surface area contributed by atoms with Gasteiger partial charge in [0, 0.05) is 25.7 Å². The standard InChI is InChI=1S/C94H171O25P/c1-6-10-14-18-22-25-28-31-34-37-40-43-46-53-59-65-77(96)110-70-74(113-79(98)67-61-55-48-45-42-39-36-33-30-27-24-20-16-12-8-3)71-112-120(108,109)119-92-90(117-93-87(106)83(102)81(100)75(69-95)114-93)86(105)85(104)89(116-80(99)68-62-56-50-49-52-58-64-73(5)63-57-51-21-17-13-9-4)91(92)118-94-88(107)84(103)82(101)76(115-94)72-111-78(97)66-60-54-47-44-41-38-35-32-29-26-23-19-15-11-7-2/h25-30,73-76,81-95,100-107H,6-24,31-72H2,1-5H3,(H,108,109)/b28-25-,29-26-,30-27-. The average molecular weight is 1730 g/mol. The Morgan fingerprint density at radius 3 is 1.08 bits per heavy atom. The number of ether oxygens (including phenoxy) is 8. The van der Waals surface area contributed by atoms with Crippen LogP contribution in [0.2, 0.25) is 0 Å². The van der Waals surface area contributed by atoms with Gasteiger partial charge >= 0.3 is 31.7 Å². The number of hydrogen-bond acceptors (Lipinski definition) is 24. The molecule has 26 heteroatoms. The van der Waals surface area contributed by atoms with Gasteiger partial charge in [-0.25, -0.2) is 4.57 Å². The molecule has 3 fully saturated rings. The quantitative estimate of drug-likeness (QED) is 0.00889. The van der Waals surface area contributed by atoms with Crippen molar-refractivity contribution in [3.05, 3.63) is 36.5 Å². The molecular weight excluding hydrogens is 1560 g/mol. The lowest BCUT2D eigenvalue weighted by Gasteiger charge is -2.50. The van der Waals surface area contributed by atoms with E-state index >= 15 is 0 Å². The van der Waals surface area contributed by atoms with E-state index in [0.717, 1.165) is 180 Å². The Labute approximate surface area is 723 Å². The Kier molecular flexibility index (Phi) is 66.2. The lowest BCUT2D eigenvalue weighted by atomic mass is 9.84. The van der Waals surface area contributed by atoms with Crippen LogP contribution in [-0.4, -0.2) is 205 Å². The molecule has 0 aromatic heterocycles. The molecule has 0 aromatic rings. The summed E-state index contributed by atoms with van der Waals surface area (Å²) in [5, 5.41) is 102. The van der Waals surface area contributed by atoms with Crippen molar-refractivity contribution in [3.8, 4) is 0 Å². The summed E-state index contributed by atoms with van der Waals surface area (Å²) in [5.74, 6) is -2.36. The van der Waals surface area contributed by atoms with E-state index in [4.69, 9.17) is 46.9 Å². The van der Waals surface area contributed by atoms with Crippen molar-refractivity contribution in [1.29, 1.82) is 0 Å². The Morgan fingerprint density at radius 2 is 0.675 bits per heavy atom. The lowest BCUT2D eigenvalue weighted by Crippen LogP contribution is -2.70. The largest absolute Gasteiger partial charge is 0.472 e. The molecule has 19 unspecified atom stereocenters. The number of esters is 4. The number of carbonyl (C=O) groups excluding carboxylic acids is 4. The fourth-order valence-corrected chi connectivity index (χ4v) is 16.7. The zero-order valence-electron chi connectivity index (χ0n) is 75.0. The molecule has 120 heavy (non-hydrogen) atoms. The molecule has 25 nitrogen and oxygen atoms in total. The van der Waals surface area contributed by atoms with Gasteiger partial charge in [-0.2, -0.15) is 0 Å². The minimum absolute atomic E-state index is 0.00803. The fraction of sp³-hybridized carbons (Fsp3) is 0.894. The minimum atomic E-state index is -5.82. The molecule has 19 atom stereocenters. The monoisotopic (exact) mass is 1730 g/mol. The predicted octanol–water partition coefficient (Wildman–Crippen LogP) is 18.1. The van der Waals surface area contributed by atoms with Crippen molar-refractivity contribution in [3.63, 3.8) is 0 Å². The third-order valence-electron chi connectivity index (χ3n) is 23.5. The van der Waals surface area contributed by atoms with Crippen LogP contribution < -0.4 is 0 Å². The maximum atomic E-state index is 14.9. The number of phosphoric ester groups is 1. The number of rotatable bonds is 77. The maximum Gasteiger partial charge on any atom is 0.472 e. The van der Waals surface area contributed by atoms with Crippen molar-refractivity contribution < 1.29 is 122 Å². The first-order valence-corrected chi connectivity index (χ1v) is 49.6. The van der Waals surface area contributed by atoms with Crippen LogP contribution in [-0.2, 0) is 70.7 Å². The Balaban J connectivity index is 1.92. The summed E-state index contributed by atoms with van der Waals surface area (Å²) >= 11 is 0. The lowest BCUT2D eigenvalue weighted by molar-refractivity contribution is -0.360. The number of carbonyl (C=O) groups is 4. The highest BCUT2D eigenvalue weighted by atomic mass is 31.2. The molecular formula is C94H171O25P. The minimum Gasteiger partial charge on any atom is -0.463 e. The van der Waals surface area contributed by atoms with Gasteiger partial charge in [0.1, 0.15) is 92.6 Å². The highest BCUT2D eigenvalue weighted by Crippen LogP contribution is 2.49. The molecule has 3 rings (SSSR count). The van der Waals surface area contributed by atoms with E-state index in [0.29, 0.717) is 44.4 Å². The summed E-state index contributed by atoms with van der Waals surface area (Å²) in [6.07, 6.45) is 32.7. The van der Waals surface area contributed by atoms with Crippen LogP contribution in [0.5, 0.6) is 0 Å². The first kappa shape index (κ1) is 111. The number of hydrogen-bond donors (Lipinski definition) is 10. The number of aliphatic hydroxyl groups excluding tert-OH is 9. The van der Waals surface area contributed by atoms with Gasteiger partial charge < -0.3 is 88.7 Å². The second-order valence-electron chi connectivity index (χ2n) is 34.5. The van der Waals surface area contributed by atoms with E-state index < -0.39 is 162 Å². The highest BCUT2D eigenvalue weighted by Gasteiger charge is 2.60. The third kappa shape index (κ3) is 51.5. The van der Waals surface area contributed by atoms with Gasteiger partial charge in [-0.3, -0.25) is 28.2 Å². The van der Waals surface area contributed by atoms with Gasteiger partial charge in [-0.05, 0) is 109 Å². The second kappa shape index (κ2) is 71.7. The van der Waals surface area contributed by atoms with E-state index in [2.05, 4.69) is 71.1 Å².